The fraction of sp³-hybridized carbons (Fsp3) is 0.222. The van der Waals surface area contributed by atoms with Gasteiger partial charge in [0, 0.05) is 52.9 Å². The van der Waals surface area contributed by atoms with Crippen molar-refractivity contribution in [2.24, 2.45) is 0 Å². The molecule has 0 radical (unpaired) electrons. The molecule has 2 N–H and O–H groups in total. The van der Waals surface area contributed by atoms with Crippen LogP contribution in [-0.2, 0) is 0 Å². The predicted octanol–water partition coefficient (Wildman–Crippen LogP) is 3.68. The number of aromatic nitrogens is 2. The van der Waals surface area contributed by atoms with Gasteiger partial charge in [-0.2, -0.15) is 0 Å². The van der Waals surface area contributed by atoms with Gasteiger partial charge in [0.2, 0.25) is 0 Å². The topological polar surface area (TPSA) is 104 Å². The maximum atomic E-state index is 13.0. The van der Waals surface area contributed by atoms with Gasteiger partial charge < -0.3 is 29.6 Å². The van der Waals surface area contributed by atoms with E-state index >= 15 is 0 Å². The van der Waals surface area contributed by atoms with Crippen molar-refractivity contribution in [1.29, 1.82) is 0 Å². The molecule has 0 aliphatic heterocycles. The van der Waals surface area contributed by atoms with Gasteiger partial charge in [-0.1, -0.05) is 0 Å². The van der Waals surface area contributed by atoms with E-state index in [-0.39, 0.29) is 5.91 Å². The van der Waals surface area contributed by atoms with Crippen LogP contribution in [0.1, 0.15) is 17.3 Å². The number of hydrogen-bond donors (Lipinski definition) is 2. The molecular formula is C27H30N4O5P2. The van der Waals surface area contributed by atoms with E-state index in [0.717, 1.165) is 16.0 Å². The average molecular weight is 553 g/mol. The van der Waals surface area contributed by atoms with Crippen molar-refractivity contribution >= 4 is 51.6 Å². The summed E-state index contributed by atoms with van der Waals surface area (Å²) in [6.45, 7) is 3.51. The molecule has 2 heterocycles. The zero-order valence-electron chi connectivity index (χ0n) is 21.4. The lowest BCUT2D eigenvalue weighted by atomic mass is 10.1. The fourth-order valence-electron chi connectivity index (χ4n) is 3.71. The number of amides is 1. The largest absolute Gasteiger partial charge is 0.493 e. The van der Waals surface area contributed by atoms with Crippen molar-refractivity contribution < 1.29 is 23.7 Å². The molecule has 0 fully saturated rings. The molecule has 2 aromatic carbocycles. The Morgan fingerprint density at radius 1 is 0.947 bits per heavy atom. The first-order chi connectivity index (χ1) is 18.5. The second-order valence-corrected chi connectivity index (χ2v) is 9.24. The monoisotopic (exact) mass is 552 g/mol. The number of carbonyl (C=O) groups excluding carboxylic acids is 1. The summed E-state index contributed by atoms with van der Waals surface area (Å²) in [6.07, 6.45) is 4.76. The first-order valence-corrected chi connectivity index (χ1v) is 13.1. The molecule has 4 rings (SSSR count). The van der Waals surface area contributed by atoms with Gasteiger partial charge in [-0.05, 0) is 44.3 Å². The summed E-state index contributed by atoms with van der Waals surface area (Å²) in [5.74, 6) is 2.58. The van der Waals surface area contributed by atoms with E-state index in [9.17, 15) is 4.79 Å². The lowest BCUT2D eigenvalue weighted by Crippen LogP contribution is -2.22. The molecule has 0 saturated heterocycles. The van der Waals surface area contributed by atoms with Crippen LogP contribution in [0.3, 0.4) is 0 Å². The van der Waals surface area contributed by atoms with E-state index in [1.54, 1.807) is 43.8 Å². The van der Waals surface area contributed by atoms with Crippen molar-refractivity contribution in [2.75, 3.05) is 39.2 Å². The van der Waals surface area contributed by atoms with Crippen LogP contribution in [0.15, 0.2) is 55.0 Å². The minimum atomic E-state index is -0.316. The molecule has 2 aromatic heterocycles. The number of ether oxygens (including phenoxy) is 4. The van der Waals surface area contributed by atoms with Gasteiger partial charge in [-0.25, -0.2) is 0 Å². The van der Waals surface area contributed by atoms with Crippen molar-refractivity contribution in [3.05, 3.63) is 60.6 Å². The zero-order valence-corrected chi connectivity index (χ0v) is 23.7. The lowest BCUT2D eigenvalue weighted by molar-refractivity contribution is 0.102. The van der Waals surface area contributed by atoms with Crippen LogP contribution >= 0.6 is 18.5 Å². The summed E-state index contributed by atoms with van der Waals surface area (Å²) >= 11 is 0. The van der Waals surface area contributed by atoms with Gasteiger partial charge in [0.05, 0.1) is 24.8 Å². The highest BCUT2D eigenvalue weighted by atomic mass is 31.0. The van der Waals surface area contributed by atoms with Crippen LogP contribution in [0, 0.1) is 0 Å². The van der Waals surface area contributed by atoms with Crippen LogP contribution in [0.25, 0.3) is 10.9 Å². The number of pyridine rings is 2. The van der Waals surface area contributed by atoms with E-state index in [1.165, 1.54) is 6.20 Å². The summed E-state index contributed by atoms with van der Waals surface area (Å²) < 4.78 is 23.3. The highest BCUT2D eigenvalue weighted by Gasteiger charge is 2.17. The third-order valence-corrected chi connectivity index (χ3v) is 7.19. The number of methoxy groups -OCH3 is 1. The number of nitrogens with zero attached hydrogens (tertiary/aromatic N) is 2. The van der Waals surface area contributed by atoms with Crippen LogP contribution in [0.4, 0.5) is 5.69 Å². The summed E-state index contributed by atoms with van der Waals surface area (Å²) in [5.41, 5.74) is 1.69. The number of benzene rings is 2. The number of anilines is 1. The number of likely N-dealkylation sites (N-methyl/N-ethyl adjacent to an activating group) is 1. The van der Waals surface area contributed by atoms with Crippen molar-refractivity contribution in [1.82, 2.24) is 15.3 Å². The number of nitrogens with one attached hydrogen (secondary N) is 2. The molecule has 0 aliphatic rings. The number of fused-ring (bicyclic) bond motifs is 1. The van der Waals surface area contributed by atoms with Gasteiger partial charge in [-0.15, -0.1) is 18.5 Å². The maximum Gasteiger partial charge on any atom is 0.261 e. The van der Waals surface area contributed by atoms with E-state index in [2.05, 4.69) is 39.1 Å². The van der Waals surface area contributed by atoms with Gasteiger partial charge >= 0.3 is 0 Å². The maximum absolute atomic E-state index is 13.0. The van der Waals surface area contributed by atoms with Gasteiger partial charge in [0.1, 0.15) is 23.9 Å². The van der Waals surface area contributed by atoms with Crippen molar-refractivity contribution in [3.8, 4) is 28.7 Å². The number of rotatable bonds is 11. The minimum absolute atomic E-state index is 0.316. The van der Waals surface area contributed by atoms with E-state index in [4.69, 9.17) is 18.9 Å². The number of carbonyl (C=O) groups is 1. The average Bonchev–Trinajstić information content (AvgIpc) is 2.93. The van der Waals surface area contributed by atoms with Crippen LogP contribution < -0.4 is 40.2 Å². The molecule has 38 heavy (non-hydrogen) atoms. The van der Waals surface area contributed by atoms with E-state index in [1.807, 2.05) is 26.1 Å². The first-order valence-electron chi connectivity index (χ1n) is 11.9. The molecular weight excluding hydrogens is 522 g/mol. The predicted molar refractivity (Wildman–Crippen MR) is 156 cm³/mol. The molecule has 1 amide bonds. The summed E-state index contributed by atoms with van der Waals surface area (Å²) in [7, 11) is 8.80. The normalized spacial score (nSPS) is 10.8. The third kappa shape index (κ3) is 6.13. The molecule has 0 saturated carbocycles. The molecule has 0 aliphatic carbocycles. The summed E-state index contributed by atoms with van der Waals surface area (Å²) in [6, 6.07) is 10.8. The minimum Gasteiger partial charge on any atom is -0.493 e. The van der Waals surface area contributed by atoms with Crippen LogP contribution in [-0.4, -0.2) is 49.8 Å². The smallest absolute Gasteiger partial charge is 0.261 e. The summed E-state index contributed by atoms with van der Waals surface area (Å²) in [5, 5.41) is 8.30. The SMILES string of the molecule is CCOc1ccncc1C(=O)Nc1ccc(Oc2ccnc3cc(OCCNC)c(OC)cc23)c(P)c1P. The Bertz CT molecular complexity index is 1450. The molecule has 0 bridgehead atoms. The third-order valence-electron chi connectivity index (χ3n) is 5.64. The Morgan fingerprint density at radius 3 is 2.53 bits per heavy atom. The van der Waals surface area contributed by atoms with Gasteiger partial charge in [0.25, 0.3) is 5.91 Å². The molecule has 9 nitrogen and oxygen atoms in total. The van der Waals surface area contributed by atoms with Crippen molar-refractivity contribution in [3.63, 3.8) is 0 Å². The Labute approximate surface area is 226 Å². The highest BCUT2D eigenvalue weighted by Crippen LogP contribution is 2.37. The summed E-state index contributed by atoms with van der Waals surface area (Å²) in [4.78, 5) is 21.5. The molecule has 11 heteroatoms. The molecule has 4 aromatic rings. The Balaban J connectivity index is 1.60. The zero-order chi connectivity index (χ0) is 27.1. The lowest BCUT2D eigenvalue weighted by Gasteiger charge is -2.17. The fourth-order valence-corrected chi connectivity index (χ4v) is 4.33. The van der Waals surface area contributed by atoms with E-state index in [0.29, 0.717) is 65.3 Å². The highest BCUT2D eigenvalue weighted by molar-refractivity contribution is 7.36. The molecule has 0 spiro atoms. The molecule has 2 atom stereocenters. The molecule has 198 valence electrons. The Hall–Kier alpha value is -3.51. The Morgan fingerprint density at radius 2 is 1.76 bits per heavy atom. The van der Waals surface area contributed by atoms with Gasteiger partial charge in [0.15, 0.2) is 11.5 Å². The molecule has 2 unspecified atom stereocenters. The second kappa shape index (κ2) is 12.8. The van der Waals surface area contributed by atoms with Gasteiger partial charge in [-0.3, -0.25) is 14.8 Å². The van der Waals surface area contributed by atoms with Crippen molar-refractivity contribution in [2.45, 2.75) is 6.92 Å². The van der Waals surface area contributed by atoms with Crippen LogP contribution in [0.5, 0.6) is 28.7 Å². The first kappa shape index (κ1) is 27.5. The van der Waals surface area contributed by atoms with E-state index < -0.39 is 0 Å². The number of hydrogen-bond acceptors (Lipinski definition) is 8. The quantitative estimate of drug-likeness (QED) is 0.215. The second-order valence-electron chi connectivity index (χ2n) is 8.08. The van der Waals surface area contributed by atoms with Crippen LogP contribution in [0.2, 0.25) is 0 Å². The Kier molecular flexibility index (Phi) is 9.29. The standard InChI is InChI=1S/C27H30N4O5P2/c1-4-34-20-7-9-29-15-17(20)27(32)31-18-5-6-22(26(38)25(18)37)36-21-8-10-30-19-14-24(35-12-11-28-2)23(33-3)13-16(19)21/h5-10,13-15,28H,4,11-12,37-38H2,1-3H3,(H,31,32).